The number of anilines is 1. The average Bonchev–Trinajstić information content (AvgIpc) is 2.87. The Labute approximate surface area is 210 Å². The number of amides is 3. The standard InChI is InChI=1S/C28H31N3O5/c1-19(27(29)34)10-15-26(33)31-25(28(35)30-22-8-5-9-23(32)17-22)16-20-11-13-24(14-12-20)36-18-21-6-3-2-4-7-21/h2-9,11-14,17,19,25,32H,10,15-16,18H2,1H3,(H2,29,34)(H,30,35)(H,31,33). The van der Waals surface area contributed by atoms with Crippen LogP contribution in [0.25, 0.3) is 0 Å². The van der Waals surface area contributed by atoms with E-state index in [-0.39, 0.29) is 30.9 Å². The van der Waals surface area contributed by atoms with Crippen molar-refractivity contribution in [1.29, 1.82) is 0 Å². The monoisotopic (exact) mass is 489 g/mol. The summed E-state index contributed by atoms with van der Waals surface area (Å²) in [4.78, 5) is 36.8. The van der Waals surface area contributed by atoms with Gasteiger partial charge in [0.05, 0.1) is 0 Å². The van der Waals surface area contributed by atoms with Gasteiger partial charge in [0.25, 0.3) is 0 Å². The quantitative estimate of drug-likeness (QED) is 0.309. The van der Waals surface area contributed by atoms with E-state index >= 15 is 0 Å². The Morgan fingerprint density at radius 2 is 1.67 bits per heavy atom. The number of rotatable bonds is 12. The zero-order valence-electron chi connectivity index (χ0n) is 20.1. The van der Waals surface area contributed by atoms with Gasteiger partial charge in [-0.1, -0.05) is 55.5 Å². The Morgan fingerprint density at radius 3 is 2.33 bits per heavy atom. The van der Waals surface area contributed by atoms with Gasteiger partial charge in [-0.05, 0) is 41.8 Å². The van der Waals surface area contributed by atoms with Gasteiger partial charge in [-0.25, -0.2) is 0 Å². The van der Waals surface area contributed by atoms with Crippen LogP contribution < -0.4 is 21.1 Å². The molecule has 8 nitrogen and oxygen atoms in total. The van der Waals surface area contributed by atoms with Crippen LogP contribution in [0.2, 0.25) is 0 Å². The predicted molar refractivity (Wildman–Crippen MR) is 137 cm³/mol. The van der Waals surface area contributed by atoms with Crippen molar-refractivity contribution in [1.82, 2.24) is 5.32 Å². The lowest BCUT2D eigenvalue weighted by molar-refractivity contribution is -0.127. The van der Waals surface area contributed by atoms with E-state index in [0.717, 1.165) is 11.1 Å². The van der Waals surface area contributed by atoms with Gasteiger partial charge in [-0.2, -0.15) is 0 Å². The summed E-state index contributed by atoms with van der Waals surface area (Å²) < 4.78 is 5.82. The summed E-state index contributed by atoms with van der Waals surface area (Å²) in [6.45, 7) is 2.10. The maximum Gasteiger partial charge on any atom is 0.247 e. The summed E-state index contributed by atoms with van der Waals surface area (Å²) in [6.07, 6.45) is 0.586. The minimum atomic E-state index is -0.875. The molecule has 0 fully saturated rings. The third-order valence-corrected chi connectivity index (χ3v) is 5.67. The highest BCUT2D eigenvalue weighted by Crippen LogP contribution is 2.18. The van der Waals surface area contributed by atoms with Gasteiger partial charge in [0, 0.05) is 30.5 Å². The zero-order valence-corrected chi connectivity index (χ0v) is 20.1. The van der Waals surface area contributed by atoms with Crippen LogP contribution in [0.5, 0.6) is 11.5 Å². The van der Waals surface area contributed by atoms with E-state index in [1.807, 2.05) is 54.6 Å². The Kier molecular flexibility index (Phi) is 9.45. The number of hydrogen-bond donors (Lipinski definition) is 4. The Hall–Kier alpha value is -4.33. The van der Waals surface area contributed by atoms with Crippen LogP contribution in [-0.2, 0) is 27.4 Å². The van der Waals surface area contributed by atoms with Crippen LogP contribution in [0.4, 0.5) is 5.69 Å². The van der Waals surface area contributed by atoms with Gasteiger partial charge in [-0.3, -0.25) is 14.4 Å². The Morgan fingerprint density at radius 1 is 0.944 bits per heavy atom. The van der Waals surface area contributed by atoms with Crippen molar-refractivity contribution in [3.8, 4) is 11.5 Å². The number of phenols is 1. The molecule has 0 saturated heterocycles. The summed E-state index contributed by atoms with van der Waals surface area (Å²) >= 11 is 0. The van der Waals surface area contributed by atoms with Crippen LogP contribution >= 0.6 is 0 Å². The van der Waals surface area contributed by atoms with Crippen molar-refractivity contribution in [2.75, 3.05) is 5.32 Å². The first kappa shape index (κ1) is 26.3. The molecule has 0 spiro atoms. The van der Waals surface area contributed by atoms with E-state index in [0.29, 0.717) is 18.0 Å². The van der Waals surface area contributed by atoms with Crippen molar-refractivity contribution >= 4 is 23.4 Å². The number of carbonyl (C=O) groups is 3. The van der Waals surface area contributed by atoms with Gasteiger partial charge in [0.1, 0.15) is 24.1 Å². The third-order valence-electron chi connectivity index (χ3n) is 5.67. The smallest absolute Gasteiger partial charge is 0.247 e. The van der Waals surface area contributed by atoms with Crippen molar-refractivity contribution in [3.63, 3.8) is 0 Å². The molecule has 0 saturated carbocycles. The number of aromatic hydroxyl groups is 1. The summed E-state index contributed by atoms with van der Waals surface area (Å²) in [5.74, 6) is -1.01. The van der Waals surface area contributed by atoms with Gasteiger partial charge < -0.3 is 26.2 Å². The predicted octanol–water partition coefficient (Wildman–Crippen LogP) is 3.54. The minimum absolute atomic E-state index is 0.0138. The first-order chi connectivity index (χ1) is 17.3. The topological polar surface area (TPSA) is 131 Å². The second-order valence-corrected chi connectivity index (χ2v) is 8.62. The number of primary amides is 1. The molecule has 8 heteroatoms. The van der Waals surface area contributed by atoms with E-state index in [4.69, 9.17) is 10.5 Å². The van der Waals surface area contributed by atoms with Crippen molar-refractivity contribution < 1.29 is 24.2 Å². The van der Waals surface area contributed by atoms with Gasteiger partial charge >= 0.3 is 0 Å². The summed E-state index contributed by atoms with van der Waals surface area (Å²) in [5, 5.41) is 15.2. The molecular formula is C28H31N3O5. The van der Waals surface area contributed by atoms with E-state index in [2.05, 4.69) is 10.6 Å². The van der Waals surface area contributed by atoms with Gasteiger partial charge in [-0.15, -0.1) is 0 Å². The maximum absolute atomic E-state index is 13.0. The van der Waals surface area contributed by atoms with E-state index in [9.17, 15) is 19.5 Å². The molecule has 2 unspecified atom stereocenters. The molecule has 5 N–H and O–H groups in total. The van der Waals surface area contributed by atoms with E-state index in [1.165, 1.54) is 12.1 Å². The SMILES string of the molecule is CC(CCC(=O)NC(Cc1ccc(OCc2ccccc2)cc1)C(=O)Nc1cccc(O)c1)C(N)=O. The molecule has 2 atom stereocenters. The Balaban J connectivity index is 1.65. The summed E-state index contributed by atoms with van der Waals surface area (Å²) in [5.41, 5.74) is 7.56. The largest absolute Gasteiger partial charge is 0.508 e. The van der Waals surface area contributed by atoms with Crippen LogP contribution in [0.3, 0.4) is 0 Å². The number of nitrogens with two attached hydrogens (primary N) is 1. The summed E-state index contributed by atoms with van der Waals surface area (Å²) in [6, 6.07) is 22.4. The number of carbonyl (C=O) groups excluding carboxylic acids is 3. The number of phenolic OH excluding ortho intramolecular Hbond substituents is 1. The molecule has 0 aliphatic heterocycles. The maximum atomic E-state index is 13.0. The molecule has 0 heterocycles. The van der Waals surface area contributed by atoms with Crippen LogP contribution in [0.1, 0.15) is 30.9 Å². The Bertz CT molecular complexity index is 1170. The lowest BCUT2D eigenvalue weighted by Crippen LogP contribution is -2.45. The van der Waals surface area contributed by atoms with E-state index < -0.39 is 23.8 Å². The fourth-order valence-corrected chi connectivity index (χ4v) is 3.48. The molecule has 3 amide bonds. The fraction of sp³-hybridized carbons (Fsp3) is 0.250. The van der Waals surface area contributed by atoms with Crippen molar-refractivity contribution in [3.05, 3.63) is 90.0 Å². The van der Waals surface area contributed by atoms with E-state index in [1.54, 1.807) is 19.1 Å². The molecule has 0 aliphatic carbocycles. The minimum Gasteiger partial charge on any atom is -0.508 e. The molecule has 0 aromatic heterocycles. The number of ether oxygens (including phenoxy) is 1. The van der Waals surface area contributed by atoms with Crippen molar-refractivity contribution in [2.45, 2.75) is 38.8 Å². The number of nitrogens with one attached hydrogen (secondary N) is 2. The highest BCUT2D eigenvalue weighted by Gasteiger charge is 2.22. The molecule has 0 radical (unpaired) electrons. The zero-order chi connectivity index (χ0) is 25.9. The summed E-state index contributed by atoms with van der Waals surface area (Å²) in [7, 11) is 0. The molecule has 36 heavy (non-hydrogen) atoms. The molecular weight excluding hydrogens is 458 g/mol. The van der Waals surface area contributed by atoms with Crippen molar-refractivity contribution in [2.24, 2.45) is 11.7 Å². The van der Waals surface area contributed by atoms with Crippen LogP contribution in [0.15, 0.2) is 78.9 Å². The highest BCUT2D eigenvalue weighted by atomic mass is 16.5. The molecule has 3 aromatic carbocycles. The second-order valence-electron chi connectivity index (χ2n) is 8.62. The normalized spacial score (nSPS) is 12.2. The average molecular weight is 490 g/mol. The number of benzene rings is 3. The first-order valence-electron chi connectivity index (χ1n) is 11.7. The van der Waals surface area contributed by atoms with Gasteiger partial charge in [0.2, 0.25) is 17.7 Å². The lowest BCUT2D eigenvalue weighted by Gasteiger charge is -2.19. The molecule has 3 aromatic rings. The van der Waals surface area contributed by atoms with Crippen LogP contribution in [-0.4, -0.2) is 28.9 Å². The molecule has 188 valence electrons. The van der Waals surface area contributed by atoms with Crippen LogP contribution in [0, 0.1) is 5.92 Å². The molecule has 0 aliphatic rings. The van der Waals surface area contributed by atoms with Gasteiger partial charge in [0.15, 0.2) is 0 Å². The third kappa shape index (κ3) is 8.47. The second kappa shape index (κ2) is 12.9. The lowest BCUT2D eigenvalue weighted by atomic mass is 10.0. The first-order valence-corrected chi connectivity index (χ1v) is 11.7. The molecule has 0 bridgehead atoms. The highest BCUT2D eigenvalue weighted by molar-refractivity contribution is 5.97. The fourth-order valence-electron chi connectivity index (χ4n) is 3.48. The number of hydrogen-bond acceptors (Lipinski definition) is 5. The molecule has 3 rings (SSSR count).